The maximum Gasteiger partial charge on any atom is 0.0181 e. The normalized spacial score (nSPS) is 11.8. The molecule has 0 atom stereocenters. The zero-order valence-electron chi connectivity index (χ0n) is 23.3. The predicted molar refractivity (Wildman–Crippen MR) is 187 cm³/mol. The van der Waals surface area contributed by atoms with E-state index in [9.17, 15) is 0 Å². The summed E-state index contributed by atoms with van der Waals surface area (Å²) in [5, 5.41) is 7.70. The summed E-state index contributed by atoms with van der Waals surface area (Å²) in [6.45, 7) is 0. The fourth-order valence-corrected chi connectivity index (χ4v) is 7.62. The Morgan fingerprint density at radius 3 is 1.53 bits per heavy atom. The van der Waals surface area contributed by atoms with Crippen molar-refractivity contribution in [3.8, 4) is 55.6 Å². The highest BCUT2D eigenvalue weighted by atomic mass is 79.9. The highest BCUT2D eigenvalue weighted by molar-refractivity contribution is 9.10. The van der Waals surface area contributed by atoms with Gasteiger partial charge in [-0.3, -0.25) is 0 Å². The summed E-state index contributed by atoms with van der Waals surface area (Å²) in [4.78, 5) is 0. The molecule has 0 saturated heterocycles. The molecule has 43 heavy (non-hydrogen) atoms. The molecule has 8 aromatic carbocycles. The molecular weight excluding hydrogens is 584 g/mol. The van der Waals surface area contributed by atoms with Gasteiger partial charge in [0.1, 0.15) is 0 Å². The fraction of sp³-hybridized carbons (Fsp3) is 0. The Bertz CT molecular complexity index is 2290. The van der Waals surface area contributed by atoms with Gasteiger partial charge in [-0.05, 0) is 106 Å². The molecule has 1 aliphatic rings. The van der Waals surface area contributed by atoms with E-state index in [2.05, 4.69) is 168 Å². The molecule has 0 aliphatic heterocycles. The number of fused-ring (bicyclic) bond motifs is 5. The van der Waals surface area contributed by atoms with E-state index in [4.69, 9.17) is 0 Å². The molecule has 0 bridgehead atoms. The number of hydrogen-bond donors (Lipinski definition) is 0. The molecule has 0 radical (unpaired) electrons. The lowest BCUT2D eigenvalue weighted by molar-refractivity contribution is 1.62. The van der Waals surface area contributed by atoms with E-state index in [1.807, 2.05) is 0 Å². The largest absolute Gasteiger partial charge is 0.0622 e. The molecule has 0 heterocycles. The van der Waals surface area contributed by atoms with Crippen molar-refractivity contribution in [2.45, 2.75) is 0 Å². The second-order valence-electron chi connectivity index (χ2n) is 11.4. The summed E-state index contributed by atoms with van der Waals surface area (Å²) in [6, 6.07) is 55.7. The molecule has 0 saturated carbocycles. The van der Waals surface area contributed by atoms with Gasteiger partial charge in [-0.15, -0.1) is 0 Å². The van der Waals surface area contributed by atoms with Gasteiger partial charge in [-0.1, -0.05) is 149 Å². The van der Waals surface area contributed by atoms with Gasteiger partial charge in [0.2, 0.25) is 0 Å². The summed E-state index contributed by atoms with van der Waals surface area (Å²) in [5.74, 6) is 0. The van der Waals surface area contributed by atoms with Crippen molar-refractivity contribution in [1.29, 1.82) is 0 Å². The smallest absolute Gasteiger partial charge is 0.0181 e. The van der Waals surface area contributed by atoms with E-state index in [0.29, 0.717) is 0 Å². The van der Waals surface area contributed by atoms with Crippen LogP contribution in [0.4, 0.5) is 0 Å². The summed E-state index contributed by atoms with van der Waals surface area (Å²) in [7, 11) is 0. The minimum Gasteiger partial charge on any atom is -0.0622 e. The maximum absolute atomic E-state index is 3.63. The van der Waals surface area contributed by atoms with Crippen LogP contribution in [-0.4, -0.2) is 0 Å². The Morgan fingerprint density at radius 1 is 0.326 bits per heavy atom. The first-order valence-corrected chi connectivity index (χ1v) is 15.5. The average molecular weight is 610 g/mol. The van der Waals surface area contributed by atoms with Gasteiger partial charge in [0.25, 0.3) is 0 Å². The summed E-state index contributed by atoms with van der Waals surface area (Å²) in [6.07, 6.45) is 0. The standard InChI is InChI=1S/C42H25Br/c43-31-21-20-28-24-30(19-18-29(28)25-31)32-22-23-37-40-33(32)16-9-17-36(40)41-38(26-10-3-1-4-11-26)34-14-7-8-15-35(34)39(42(37)41)27-12-5-2-6-13-27/h1-25H. The Hall–Kier alpha value is -4.98. The number of hydrogen-bond acceptors (Lipinski definition) is 0. The van der Waals surface area contributed by atoms with Gasteiger partial charge in [0.15, 0.2) is 0 Å². The number of benzene rings is 8. The van der Waals surface area contributed by atoms with E-state index >= 15 is 0 Å². The average Bonchev–Trinajstić information content (AvgIpc) is 3.39. The third kappa shape index (κ3) is 3.68. The molecule has 0 amide bonds. The van der Waals surface area contributed by atoms with Crippen molar-refractivity contribution in [3.63, 3.8) is 0 Å². The Balaban J connectivity index is 1.42. The molecule has 0 aromatic heterocycles. The highest BCUT2D eigenvalue weighted by Crippen LogP contribution is 2.58. The second-order valence-corrected chi connectivity index (χ2v) is 12.3. The van der Waals surface area contributed by atoms with Crippen LogP contribution >= 0.6 is 15.9 Å². The van der Waals surface area contributed by atoms with E-state index in [0.717, 1.165) is 4.47 Å². The lowest BCUT2D eigenvalue weighted by Gasteiger charge is -2.20. The summed E-state index contributed by atoms with van der Waals surface area (Å²) in [5.41, 5.74) is 12.9. The SMILES string of the molecule is Brc1ccc2cc(-c3ccc4c5c(cccc35)-c3c-4c(-c4ccccc4)c4ccccc4c3-c3ccccc3)ccc2c1. The van der Waals surface area contributed by atoms with Gasteiger partial charge < -0.3 is 0 Å². The zero-order valence-corrected chi connectivity index (χ0v) is 24.9. The molecule has 0 N–H and O–H groups in total. The van der Waals surface area contributed by atoms with Crippen LogP contribution in [0.3, 0.4) is 0 Å². The predicted octanol–water partition coefficient (Wildman–Crippen LogP) is 12.6. The molecule has 0 fully saturated rings. The molecule has 1 aliphatic carbocycles. The van der Waals surface area contributed by atoms with Crippen molar-refractivity contribution in [3.05, 3.63) is 156 Å². The first kappa shape index (κ1) is 24.6. The Kier molecular flexibility index (Phi) is 5.45. The van der Waals surface area contributed by atoms with E-state index in [1.165, 1.54) is 88.0 Å². The Morgan fingerprint density at radius 2 is 0.860 bits per heavy atom. The summed E-state index contributed by atoms with van der Waals surface area (Å²) < 4.78 is 1.10. The van der Waals surface area contributed by atoms with E-state index in [1.54, 1.807) is 0 Å². The van der Waals surface area contributed by atoms with E-state index in [-0.39, 0.29) is 0 Å². The van der Waals surface area contributed by atoms with Gasteiger partial charge in [0, 0.05) is 4.47 Å². The van der Waals surface area contributed by atoms with Crippen LogP contribution in [0.15, 0.2) is 156 Å². The maximum atomic E-state index is 3.63. The minimum atomic E-state index is 1.10. The van der Waals surface area contributed by atoms with Gasteiger partial charge in [-0.2, -0.15) is 0 Å². The van der Waals surface area contributed by atoms with Gasteiger partial charge in [-0.25, -0.2) is 0 Å². The van der Waals surface area contributed by atoms with Crippen LogP contribution in [0.5, 0.6) is 0 Å². The lowest BCUT2D eigenvalue weighted by Crippen LogP contribution is -1.93. The van der Waals surface area contributed by atoms with Crippen LogP contribution in [0.2, 0.25) is 0 Å². The highest BCUT2D eigenvalue weighted by Gasteiger charge is 2.31. The molecule has 0 nitrogen and oxygen atoms in total. The van der Waals surface area contributed by atoms with Gasteiger partial charge >= 0.3 is 0 Å². The number of halogens is 1. The van der Waals surface area contributed by atoms with Crippen molar-refractivity contribution in [2.24, 2.45) is 0 Å². The molecule has 8 aromatic rings. The van der Waals surface area contributed by atoms with Crippen LogP contribution in [0.1, 0.15) is 0 Å². The molecular formula is C42H25Br. The zero-order chi connectivity index (χ0) is 28.5. The minimum absolute atomic E-state index is 1.10. The molecule has 9 rings (SSSR count). The van der Waals surface area contributed by atoms with Crippen molar-refractivity contribution >= 4 is 48.2 Å². The van der Waals surface area contributed by atoms with E-state index < -0.39 is 0 Å². The summed E-state index contributed by atoms with van der Waals surface area (Å²) >= 11 is 3.63. The van der Waals surface area contributed by atoms with Crippen molar-refractivity contribution < 1.29 is 0 Å². The van der Waals surface area contributed by atoms with Gasteiger partial charge in [0.05, 0.1) is 0 Å². The van der Waals surface area contributed by atoms with Crippen molar-refractivity contribution in [2.75, 3.05) is 0 Å². The molecule has 1 heteroatoms. The molecule has 0 unspecified atom stereocenters. The van der Waals surface area contributed by atoms with Crippen LogP contribution in [0.25, 0.3) is 88.0 Å². The fourth-order valence-electron chi connectivity index (χ4n) is 7.25. The quantitative estimate of drug-likeness (QED) is 0.187. The number of rotatable bonds is 3. The second kappa shape index (κ2) is 9.52. The topological polar surface area (TPSA) is 0 Å². The third-order valence-corrected chi connectivity index (χ3v) is 9.53. The third-order valence-electron chi connectivity index (χ3n) is 9.03. The van der Waals surface area contributed by atoms with Crippen LogP contribution in [0, 0.1) is 0 Å². The van der Waals surface area contributed by atoms with Crippen molar-refractivity contribution in [1.82, 2.24) is 0 Å². The first-order chi connectivity index (χ1) is 21.3. The monoisotopic (exact) mass is 608 g/mol. The molecule has 200 valence electrons. The van der Waals surface area contributed by atoms with Crippen LogP contribution in [-0.2, 0) is 0 Å². The molecule has 0 spiro atoms. The lowest BCUT2D eigenvalue weighted by atomic mass is 9.82. The van der Waals surface area contributed by atoms with Crippen LogP contribution < -0.4 is 0 Å². The Labute approximate surface area is 259 Å². The first-order valence-electron chi connectivity index (χ1n) is 14.7.